The first-order chi connectivity index (χ1) is 9.88. The van der Waals surface area contributed by atoms with Crippen LogP contribution >= 0.6 is 0 Å². The highest BCUT2D eigenvalue weighted by Crippen LogP contribution is 2.05. The summed E-state index contributed by atoms with van der Waals surface area (Å²) in [4.78, 5) is 33.3. The summed E-state index contributed by atoms with van der Waals surface area (Å²) in [7, 11) is 0. The highest BCUT2D eigenvalue weighted by atomic mass is 16.4. The Balaban J connectivity index is 2.36. The van der Waals surface area contributed by atoms with Crippen LogP contribution in [0.2, 0.25) is 0 Å². The molecule has 1 rings (SSSR count). The largest absolute Gasteiger partial charge is 0.480 e. The summed E-state index contributed by atoms with van der Waals surface area (Å²) in [6, 6.07) is 1.44. The van der Waals surface area contributed by atoms with Crippen LogP contribution in [0.25, 0.3) is 0 Å². The molecule has 0 saturated carbocycles. The topological polar surface area (TPSA) is 135 Å². The molecule has 0 aromatic carbocycles. The van der Waals surface area contributed by atoms with Gasteiger partial charge in [0.2, 0.25) is 5.91 Å². The van der Waals surface area contributed by atoms with E-state index >= 15 is 0 Å². The normalized spacial score (nSPS) is 13.2. The predicted molar refractivity (Wildman–Crippen MR) is 73.4 cm³/mol. The van der Waals surface area contributed by atoms with E-state index in [4.69, 9.17) is 15.3 Å². The fourth-order valence-electron chi connectivity index (χ4n) is 1.71. The standard InChI is InChI=1S/C13H19N3O5/c1-8(4-5-9-3-2-6-21-9)15-13(20)16-10(12(18)19)7-11(14)17/h2-3,6,8,10H,4-5,7H2,1H3,(H2,14,17)(H,18,19)(H2,15,16,20)/t8?,10-/m1/s1. The number of aryl methyl sites for hydroxylation is 1. The number of primary amides is 1. The van der Waals surface area contributed by atoms with Crippen LogP contribution < -0.4 is 16.4 Å². The van der Waals surface area contributed by atoms with Crippen LogP contribution in [-0.2, 0) is 16.0 Å². The first-order valence-electron chi connectivity index (χ1n) is 6.49. The molecule has 1 unspecified atom stereocenters. The van der Waals surface area contributed by atoms with Gasteiger partial charge in [0.25, 0.3) is 0 Å². The molecule has 1 aromatic heterocycles. The Morgan fingerprint density at radius 2 is 2.10 bits per heavy atom. The number of hydrogen-bond acceptors (Lipinski definition) is 4. The number of amides is 3. The van der Waals surface area contributed by atoms with Crippen molar-refractivity contribution >= 4 is 17.9 Å². The van der Waals surface area contributed by atoms with Crippen molar-refractivity contribution in [3.8, 4) is 0 Å². The molecule has 1 aromatic rings. The van der Waals surface area contributed by atoms with Gasteiger partial charge in [-0.25, -0.2) is 9.59 Å². The minimum atomic E-state index is -1.33. The first-order valence-corrected chi connectivity index (χ1v) is 6.49. The van der Waals surface area contributed by atoms with Crippen molar-refractivity contribution in [2.75, 3.05) is 0 Å². The zero-order valence-electron chi connectivity index (χ0n) is 11.7. The Morgan fingerprint density at radius 1 is 1.38 bits per heavy atom. The van der Waals surface area contributed by atoms with Crippen molar-refractivity contribution < 1.29 is 23.9 Å². The molecule has 0 aliphatic rings. The van der Waals surface area contributed by atoms with Crippen LogP contribution in [0.3, 0.4) is 0 Å². The molecule has 0 spiro atoms. The van der Waals surface area contributed by atoms with Gasteiger partial charge >= 0.3 is 12.0 Å². The number of carbonyl (C=O) groups is 3. The Labute approximate surface area is 121 Å². The van der Waals surface area contributed by atoms with E-state index in [1.807, 2.05) is 6.07 Å². The van der Waals surface area contributed by atoms with Crippen LogP contribution in [0.5, 0.6) is 0 Å². The zero-order valence-corrected chi connectivity index (χ0v) is 11.7. The minimum Gasteiger partial charge on any atom is -0.480 e. The maximum atomic E-state index is 11.7. The molecule has 8 heteroatoms. The van der Waals surface area contributed by atoms with Gasteiger partial charge in [-0.05, 0) is 25.5 Å². The SMILES string of the molecule is CC(CCc1ccco1)NC(=O)N[C@H](CC(N)=O)C(=O)O. The molecule has 1 heterocycles. The van der Waals surface area contributed by atoms with Crippen LogP contribution in [0.1, 0.15) is 25.5 Å². The molecule has 3 amide bonds. The Bertz CT molecular complexity index is 486. The van der Waals surface area contributed by atoms with Crippen LogP contribution in [0, 0.1) is 0 Å². The van der Waals surface area contributed by atoms with Gasteiger partial charge in [-0.15, -0.1) is 0 Å². The number of carboxylic acids is 1. The van der Waals surface area contributed by atoms with Gasteiger partial charge in [-0.3, -0.25) is 4.79 Å². The highest BCUT2D eigenvalue weighted by Gasteiger charge is 2.22. The van der Waals surface area contributed by atoms with Gasteiger partial charge in [0, 0.05) is 12.5 Å². The van der Waals surface area contributed by atoms with Gasteiger partial charge in [0.1, 0.15) is 11.8 Å². The van der Waals surface area contributed by atoms with Crippen LogP contribution in [0.15, 0.2) is 22.8 Å². The van der Waals surface area contributed by atoms with Crippen LogP contribution in [-0.4, -0.2) is 35.1 Å². The van der Waals surface area contributed by atoms with Crippen molar-refractivity contribution in [1.82, 2.24) is 10.6 Å². The van der Waals surface area contributed by atoms with Crippen molar-refractivity contribution in [1.29, 1.82) is 0 Å². The summed E-state index contributed by atoms with van der Waals surface area (Å²) >= 11 is 0. The number of furan rings is 1. The average Bonchev–Trinajstić information content (AvgIpc) is 2.87. The molecule has 0 saturated heterocycles. The monoisotopic (exact) mass is 297 g/mol. The zero-order chi connectivity index (χ0) is 15.8. The van der Waals surface area contributed by atoms with Crippen molar-refractivity contribution in [2.24, 2.45) is 5.73 Å². The minimum absolute atomic E-state index is 0.182. The summed E-state index contributed by atoms with van der Waals surface area (Å²) in [5, 5.41) is 13.7. The smallest absolute Gasteiger partial charge is 0.326 e. The van der Waals surface area contributed by atoms with E-state index in [1.165, 1.54) is 0 Å². The second-order valence-corrected chi connectivity index (χ2v) is 4.70. The summed E-state index contributed by atoms with van der Waals surface area (Å²) in [5.41, 5.74) is 4.93. The lowest BCUT2D eigenvalue weighted by molar-refractivity contribution is -0.140. The number of aliphatic carboxylic acids is 1. The lowest BCUT2D eigenvalue weighted by Gasteiger charge is -2.17. The second kappa shape index (κ2) is 7.93. The first kappa shape index (κ1) is 16.5. The van der Waals surface area contributed by atoms with E-state index < -0.39 is 30.4 Å². The van der Waals surface area contributed by atoms with Gasteiger partial charge in [-0.2, -0.15) is 0 Å². The van der Waals surface area contributed by atoms with E-state index in [0.717, 1.165) is 5.76 Å². The molecular weight excluding hydrogens is 278 g/mol. The molecule has 0 fully saturated rings. The number of rotatable bonds is 8. The summed E-state index contributed by atoms with van der Waals surface area (Å²) in [5.74, 6) is -1.30. The Kier molecular flexibility index (Phi) is 6.25. The van der Waals surface area contributed by atoms with E-state index in [1.54, 1.807) is 19.3 Å². The molecule has 21 heavy (non-hydrogen) atoms. The summed E-state index contributed by atoms with van der Waals surface area (Å²) < 4.78 is 5.17. The van der Waals surface area contributed by atoms with Gasteiger partial charge < -0.3 is 25.9 Å². The molecular formula is C13H19N3O5. The fraction of sp³-hybridized carbons (Fsp3) is 0.462. The highest BCUT2D eigenvalue weighted by molar-refractivity contribution is 5.87. The Morgan fingerprint density at radius 3 is 2.62 bits per heavy atom. The fourth-order valence-corrected chi connectivity index (χ4v) is 1.71. The van der Waals surface area contributed by atoms with Gasteiger partial charge in [0.15, 0.2) is 0 Å². The number of nitrogens with two attached hydrogens (primary N) is 1. The third-order valence-electron chi connectivity index (χ3n) is 2.79. The van der Waals surface area contributed by atoms with Crippen molar-refractivity contribution in [3.05, 3.63) is 24.2 Å². The molecule has 8 nitrogen and oxygen atoms in total. The molecule has 116 valence electrons. The average molecular weight is 297 g/mol. The summed E-state index contributed by atoms with van der Waals surface area (Å²) in [6.45, 7) is 1.78. The molecule has 5 N–H and O–H groups in total. The maximum absolute atomic E-state index is 11.7. The number of carboxylic acid groups (broad SMARTS) is 1. The van der Waals surface area contributed by atoms with E-state index in [9.17, 15) is 14.4 Å². The number of urea groups is 1. The molecule has 0 radical (unpaired) electrons. The third-order valence-corrected chi connectivity index (χ3v) is 2.79. The lowest BCUT2D eigenvalue weighted by atomic mass is 10.1. The second-order valence-electron chi connectivity index (χ2n) is 4.70. The van der Waals surface area contributed by atoms with Gasteiger partial charge in [-0.1, -0.05) is 0 Å². The van der Waals surface area contributed by atoms with E-state index in [0.29, 0.717) is 12.8 Å². The Hall–Kier alpha value is -2.51. The molecule has 0 aliphatic heterocycles. The van der Waals surface area contributed by atoms with E-state index in [2.05, 4.69) is 10.6 Å². The maximum Gasteiger partial charge on any atom is 0.326 e. The third kappa shape index (κ3) is 6.46. The number of hydrogen-bond donors (Lipinski definition) is 4. The molecule has 2 atom stereocenters. The van der Waals surface area contributed by atoms with Crippen LogP contribution in [0.4, 0.5) is 4.79 Å². The van der Waals surface area contributed by atoms with E-state index in [-0.39, 0.29) is 6.04 Å². The van der Waals surface area contributed by atoms with Crippen molar-refractivity contribution in [3.63, 3.8) is 0 Å². The quantitative estimate of drug-likeness (QED) is 0.544. The molecule has 0 bridgehead atoms. The summed E-state index contributed by atoms with van der Waals surface area (Å²) in [6.07, 6.45) is 2.40. The van der Waals surface area contributed by atoms with Crippen molar-refractivity contribution in [2.45, 2.75) is 38.3 Å². The predicted octanol–water partition coefficient (Wildman–Crippen LogP) is 0.229. The number of nitrogens with one attached hydrogen (secondary N) is 2. The van der Waals surface area contributed by atoms with Gasteiger partial charge in [0.05, 0.1) is 12.7 Å². The molecule has 0 aliphatic carbocycles. The lowest BCUT2D eigenvalue weighted by Crippen LogP contribution is -2.49. The number of carbonyl (C=O) groups excluding carboxylic acids is 2.